The van der Waals surface area contributed by atoms with E-state index in [-0.39, 0.29) is 0 Å². The predicted octanol–water partition coefficient (Wildman–Crippen LogP) is 2.32. The predicted molar refractivity (Wildman–Crippen MR) is 86.5 cm³/mol. The molecule has 2 N–H and O–H groups in total. The van der Waals surface area contributed by atoms with Crippen LogP contribution < -0.4 is 5.32 Å². The number of aromatic nitrogens is 4. The molecule has 2 heterocycles. The first-order valence-electron chi connectivity index (χ1n) is 6.47. The van der Waals surface area contributed by atoms with Gasteiger partial charge in [-0.2, -0.15) is 5.10 Å². The van der Waals surface area contributed by atoms with Gasteiger partial charge in [0.15, 0.2) is 0 Å². The third-order valence-corrected chi connectivity index (χ3v) is 3.50. The van der Waals surface area contributed by atoms with Crippen molar-refractivity contribution in [2.75, 3.05) is 11.9 Å². The average Bonchev–Trinajstić information content (AvgIpc) is 2.79. The highest BCUT2D eigenvalue weighted by molar-refractivity contribution is 14.1. The first-order chi connectivity index (χ1) is 9.47. The fourth-order valence-corrected chi connectivity index (χ4v) is 2.30. The van der Waals surface area contributed by atoms with Crippen molar-refractivity contribution in [2.24, 2.45) is 0 Å². The Balaban J connectivity index is 2.26. The van der Waals surface area contributed by atoms with Crippen LogP contribution in [0.15, 0.2) is 18.5 Å². The van der Waals surface area contributed by atoms with Crippen molar-refractivity contribution < 1.29 is 5.11 Å². The maximum Gasteiger partial charge on any atom is 0.223 e. The summed E-state index contributed by atoms with van der Waals surface area (Å²) < 4.78 is 2.83. The molecule has 2 rings (SSSR count). The zero-order valence-corrected chi connectivity index (χ0v) is 13.9. The molecule has 0 fully saturated rings. The average molecular weight is 387 g/mol. The van der Waals surface area contributed by atoms with E-state index in [9.17, 15) is 5.11 Å². The van der Waals surface area contributed by atoms with Gasteiger partial charge < -0.3 is 10.4 Å². The van der Waals surface area contributed by atoms with Crippen LogP contribution in [-0.4, -0.2) is 37.5 Å². The van der Waals surface area contributed by atoms with Crippen molar-refractivity contribution in [3.05, 3.63) is 22.2 Å². The van der Waals surface area contributed by atoms with Gasteiger partial charge in [-0.25, -0.2) is 9.97 Å². The van der Waals surface area contributed by atoms with Gasteiger partial charge in [-0.3, -0.25) is 4.68 Å². The molecule has 20 heavy (non-hydrogen) atoms. The highest BCUT2D eigenvalue weighted by Gasteiger charge is 2.12. The van der Waals surface area contributed by atoms with E-state index in [0.29, 0.717) is 18.5 Å². The summed E-state index contributed by atoms with van der Waals surface area (Å²) in [5.41, 5.74) is 1.81. The number of halogens is 1. The molecule has 108 valence electrons. The van der Waals surface area contributed by atoms with Gasteiger partial charge in [0.25, 0.3) is 0 Å². The fourth-order valence-electron chi connectivity index (χ4n) is 1.64. The molecule has 1 atom stereocenters. The molecule has 0 saturated carbocycles. The van der Waals surface area contributed by atoms with Gasteiger partial charge in [-0.1, -0.05) is 0 Å². The zero-order chi connectivity index (χ0) is 14.7. The van der Waals surface area contributed by atoms with E-state index in [1.54, 1.807) is 13.1 Å². The maximum absolute atomic E-state index is 9.28. The van der Waals surface area contributed by atoms with Crippen molar-refractivity contribution in [1.29, 1.82) is 0 Å². The molecule has 0 aromatic carbocycles. The van der Waals surface area contributed by atoms with Crippen molar-refractivity contribution in [2.45, 2.75) is 32.9 Å². The highest BCUT2D eigenvalue weighted by atomic mass is 127. The van der Waals surface area contributed by atoms with E-state index in [2.05, 4.69) is 56.8 Å². The molecule has 0 radical (unpaired) electrons. The van der Waals surface area contributed by atoms with Gasteiger partial charge in [-0.05, 0) is 49.4 Å². The maximum atomic E-state index is 9.28. The molecule has 0 aliphatic carbocycles. The van der Waals surface area contributed by atoms with Crippen LogP contribution in [0.5, 0.6) is 0 Å². The van der Waals surface area contributed by atoms with Gasteiger partial charge in [-0.15, -0.1) is 0 Å². The van der Waals surface area contributed by atoms with Crippen molar-refractivity contribution in [3.63, 3.8) is 0 Å². The number of aliphatic hydroxyl groups excluding tert-OH is 1. The zero-order valence-electron chi connectivity index (χ0n) is 11.7. The van der Waals surface area contributed by atoms with Crippen LogP contribution in [0.25, 0.3) is 11.3 Å². The summed E-state index contributed by atoms with van der Waals surface area (Å²) in [5.74, 6) is 0.511. The third-order valence-electron chi connectivity index (χ3n) is 2.70. The number of anilines is 1. The number of aliphatic hydroxyl groups is 1. The van der Waals surface area contributed by atoms with Crippen LogP contribution in [0.2, 0.25) is 0 Å². The summed E-state index contributed by atoms with van der Waals surface area (Å²) in [6, 6.07) is 2.17. The second-order valence-corrected chi connectivity index (χ2v) is 5.92. The minimum absolute atomic E-state index is 0.312. The van der Waals surface area contributed by atoms with Crippen molar-refractivity contribution >= 4 is 28.5 Å². The fraction of sp³-hybridized carbons (Fsp3) is 0.462. The standard InChI is InChI=1S/C13H18IN5O/c1-8(2)19-7-10(12(14)18-19)11-4-5-15-13(17-11)16-6-9(3)20/h4-5,7-9,20H,6H2,1-3H3,(H,15,16,17)/t9-/m0/s1. The summed E-state index contributed by atoms with van der Waals surface area (Å²) in [7, 11) is 0. The summed E-state index contributed by atoms with van der Waals surface area (Å²) in [6.45, 7) is 6.31. The van der Waals surface area contributed by atoms with E-state index in [0.717, 1.165) is 15.0 Å². The van der Waals surface area contributed by atoms with Gasteiger partial charge in [0.1, 0.15) is 3.70 Å². The molecule has 0 aliphatic heterocycles. The van der Waals surface area contributed by atoms with Crippen LogP contribution in [0.3, 0.4) is 0 Å². The monoisotopic (exact) mass is 387 g/mol. The van der Waals surface area contributed by atoms with Crippen LogP contribution in [0.1, 0.15) is 26.8 Å². The Labute approximate surface area is 131 Å². The highest BCUT2D eigenvalue weighted by Crippen LogP contribution is 2.24. The van der Waals surface area contributed by atoms with E-state index in [1.807, 2.05) is 16.9 Å². The molecule has 0 saturated heterocycles. The Morgan fingerprint density at radius 2 is 2.15 bits per heavy atom. The van der Waals surface area contributed by atoms with Crippen LogP contribution in [-0.2, 0) is 0 Å². The lowest BCUT2D eigenvalue weighted by Crippen LogP contribution is -2.16. The molecule has 6 nitrogen and oxygen atoms in total. The Hall–Kier alpha value is -1.22. The minimum atomic E-state index is -0.439. The molecule has 0 aliphatic rings. The first-order valence-corrected chi connectivity index (χ1v) is 7.55. The normalized spacial score (nSPS) is 12.7. The lowest BCUT2D eigenvalue weighted by atomic mass is 10.2. The summed E-state index contributed by atoms with van der Waals surface area (Å²) in [6.07, 6.45) is 3.26. The molecular formula is C13H18IN5O. The van der Waals surface area contributed by atoms with E-state index in [1.165, 1.54) is 0 Å². The molecule has 2 aromatic rings. The summed E-state index contributed by atoms with van der Waals surface area (Å²) in [5, 5.41) is 16.8. The van der Waals surface area contributed by atoms with Gasteiger partial charge in [0, 0.05) is 25.0 Å². The molecule has 0 unspecified atom stereocenters. The number of hydrogen-bond donors (Lipinski definition) is 2. The quantitative estimate of drug-likeness (QED) is 0.771. The smallest absolute Gasteiger partial charge is 0.223 e. The lowest BCUT2D eigenvalue weighted by molar-refractivity contribution is 0.208. The summed E-state index contributed by atoms with van der Waals surface area (Å²) in [4.78, 5) is 8.60. The SMILES string of the molecule is CC(C)n1cc(-c2ccnc(NC[C@H](C)O)n2)c(I)n1. The van der Waals surface area contributed by atoms with Gasteiger partial charge in [0.05, 0.1) is 17.4 Å². The third kappa shape index (κ3) is 3.66. The Kier molecular flexibility index (Phi) is 4.92. The largest absolute Gasteiger partial charge is 0.392 e. The minimum Gasteiger partial charge on any atom is -0.392 e. The molecule has 0 spiro atoms. The molecular weight excluding hydrogens is 369 g/mol. The number of nitrogens with one attached hydrogen (secondary N) is 1. The van der Waals surface area contributed by atoms with Crippen molar-refractivity contribution in [1.82, 2.24) is 19.7 Å². The van der Waals surface area contributed by atoms with Crippen LogP contribution in [0.4, 0.5) is 5.95 Å². The van der Waals surface area contributed by atoms with E-state index in [4.69, 9.17) is 0 Å². The lowest BCUT2D eigenvalue weighted by Gasteiger charge is -2.07. The second kappa shape index (κ2) is 6.49. The van der Waals surface area contributed by atoms with Crippen molar-refractivity contribution in [3.8, 4) is 11.3 Å². The first kappa shape index (κ1) is 15.2. The number of nitrogens with zero attached hydrogens (tertiary/aromatic N) is 4. The molecule has 7 heteroatoms. The molecule has 0 amide bonds. The van der Waals surface area contributed by atoms with Gasteiger partial charge >= 0.3 is 0 Å². The Bertz CT molecular complexity index is 582. The van der Waals surface area contributed by atoms with E-state index < -0.39 is 6.10 Å². The van der Waals surface area contributed by atoms with Crippen LogP contribution >= 0.6 is 22.6 Å². The number of rotatable bonds is 5. The summed E-state index contributed by atoms with van der Waals surface area (Å²) >= 11 is 2.21. The van der Waals surface area contributed by atoms with Crippen LogP contribution in [0, 0.1) is 3.70 Å². The molecule has 0 bridgehead atoms. The Morgan fingerprint density at radius 3 is 2.75 bits per heavy atom. The van der Waals surface area contributed by atoms with E-state index >= 15 is 0 Å². The van der Waals surface area contributed by atoms with Gasteiger partial charge in [0.2, 0.25) is 5.95 Å². The topological polar surface area (TPSA) is 75.9 Å². The second-order valence-electron chi connectivity index (χ2n) is 4.90. The number of hydrogen-bond acceptors (Lipinski definition) is 5. The Morgan fingerprint density at radius 1 is 1.40 bits per heavy atom. The molecule has 2 aromatic heterocycles.